The Morgan fingerprint density at radius 1 is 1.12 bits per heavy atom. The molecule has 0 radical (unpaired) electrons. The van der Waals surface area contributed by atoms with Gasteiger partial charge in [0.05, 0.1) is 5.69 Å². The summed E-state index contributed by atoms with van der Waals surface area (Å²) in [6.45, 7) is 17.3. The Balaban J connectivity index is 1.75. The van der Waals surface area contributed by atoms with Gasteiger partial charge in [-0.25, -0.2) is 0 Å². The van der Waals surface area contributed by atoms with Crippen molar-refractivity contribution in [3.05, 3.63) is 64.7 Å². The van der Waals surface area contributed by atoms with Crippen LogP contribution in [0.5, 0.6) is 5.75 Å². The predicted octanol–water partition coefficient (Wildman–Crippen LogP) is 4.87. The third-order valence-electron chi connectivity index (χ3n) is 5.90. The van der Waals surface area contributed by atoms with Gasteiger partial charge in [0.2, 0.25) is 0 Å². The van der Waals surface area contributed by atoms with Crippen LogP contribution >= 0.6 is 0 Å². The first-order valence-electron chi connectivity index (χ1n) is 11.8. The van der Waals surface area contributed by atoms with Gasteiger partial charge in [-0.3, -0.25) is 10.6 Å². The minimum Gasteiger partial charge on any atom is -0.492 e. The number of carbonyl (C=O) groups excluding carboxylic acids is 1. The van der Waals surface area contributed by atoms with Crippen molar-refractivity contribution >= 4 is 17.2 Å². The number of nitrogen functional groups attached to an aromatic ring is 1. The molecule has 3 rings (SSSR count). The lowest BCUT2D eigenvalue weighted by molar-refractivity contribution is 0.0750. The van der Waals surface area contributed by atoms with Crippen LogP contribution in [0.1, 0.15) is 66.7 Å². The number of nitrogens with one attached hydrogen (secondary N) is 2. The molecule has 6 heteroatoms. The van der Waals surface area contributed by atoms with E-state index in [9.17, 15) is 4.79 Å². The van der Waals surface area contributed by atoms with Gasteiger partial charge in [-0.15, -0.1) is 0 Å². The summed E-state index contributed by atoms with van der Waals surface area (Å²) < 4.78 is 5.89. The number of hydrazine groups is 1. The van der Waals surface area contributed by atoms with E-state index in [2.05, 4.69) is 57.1 Å². The number of rotatable bonds is 10. The number of hydrogen-bond acceptors (Lipinski definition) is 5. The first-order chi connectivity index (χ1) is 15.7. The van der Waals surface area contributed by atoms with Crippen molar-refractivity contribution in [2.24, 2.45) is 11.8 Å². The van der Waals surface area contributed by atoms with Gasteiger partial charge in [0.1, 0.15) is 12.4 Å². The van der Waals surface area contributed by atoms with Crippen molar-refractivity contribution in [1.29, 1.82) is 0 Å². The average molecular weight is 451 g/mol. The summed E-state index contributed by atoms with van der Waals surface area (Å²) in [6.07, 6.45) is 0.843. The van der Waals surface area contributed by atoms with Crippen LogP contribution in [0.2, 0.25) is 0 Å². The molecule has 0 atom stereocenters. The van der Waals surface area contributed by atoms with Crippen LogP contribution in [0, 0.1) is 12.8 Å². The van der Waals surface area contributed by atoms with E-state index >= 15 is 0 Å². The van der Waals surface area contributed by atoms with Crippen molar-refractivity contribution in [3.63, 3.8) is 0 Å². The molecule has 1 amide bonds. The van der Waals surface area contributed by atoms with Gasteiger partial charge in [0.25, 0.3) is 5.91 Å². The van der Waals surface area contributed by atoms with Gasteiger partial charge < -0.3 is 20.4 Å². The summed E-state index contributed by atoms with van der Waals surface area (Å²) >= 11 is 0. The fraction of sp³-hybridized carbons (Fsp3) is 0.444. The SMILES string of the molecule is C=C(CC(C)C)c1cc(C(=O)N2Cc3ccc(OCCNC(C)C)cc3C2)c(C)cc1NN. The molecule has 178 valence electrons. The van der Waals surface area contributed by atoms with E-state index in [0.29, 0.717) is 37.2 Å². The molecule has 0 unspecified atom stereocenters. The second kappa shape index (κ2) is 10.9. The molecule has 0 bridgehead atoms. The van der Waals surface area contributed by atoms with Gasteiger partial charge in [-0.05, 0) is 65.8 Å². The summed E-state index contributed by atoms with van der Waals surface area (Å²) in [6, 6.07) is 10.4. The predicted molar refractivity (Wildman–Crippen MR) is 136 cm³/mol. The van der Waals surface area contributed by atoms with Crippen molar-refractivity contribution in [1.82, 2.24) is 10.2 Å². The summed E-state index contributed by atoms with van der Waals surface area (Å²) in [4.78, 5) is 15.4. The second-order valence-corrected chi connectivity index (χ2v) is 9.61. The topological polar surface area (TPSA) is 79.6 Å². The molecule has 0 saturated carbocycles. The monoisotopic (exact) mass is 450 g/mol. The zero-order valence-electron chi connectivity index (χ0n) is 20.6. The molecule has 2 aromatic rings. The van der Waals surface area contributed by atoms with E-state index in [1.165, 1.54) is 5.56 Å². The zero-order valence-corrected chi connectivity index (χ0v) is 20.6. The molecule has 4 N–H and O–H groups in total. The average Bonchev–Trinajstić information content (AvgIpc) is 3.18. The van der Waals surface area contributed by atoms with E-state index in [-0.39, 0.29) is 5.91 Å². The van der Waals surface area contributed by atoms with E-state index in [1.807, 2.05) is 30.0 Å². The zero-order chi connectivity index (χ0) is 24.1. The number of nitrogens with zero attached hydrogens (tertiary/aromatic N) is 1. The van der Waals surface area contributed by atoms with Crippen LogP contribution in [0.4, 0.5) is 5.69 Å². The Kier molecular flexibility index (Phi) is 8.16. The lowest BCUT2D eigenvalue weighted by Gasteiger charge is -2.20. The van der Waals surface area contributed by atoms with Crippen molar-refractivity contribution in [2.75, 3.05) is 18.6 Å². The van der Waals surface area contributed by atoms with E-state index < -0.39 is 0 Å². The Labute approximate surface area is 198 Å². The van der Waals surface area contributed by atoms with Crippen molar-refractivity contribution < 1.29 is 9.53 Å². The van der Waals surface area contributed by atoms with Crippen molar-refractivity contribution in [3.8, 4) is 5.75 Å². The number of amides is 1. The fourth-order valence-corrected chi connectivity index (χ4v) is 4.24. The van der Waals surface area contributed by atoms with E-state index in [4.69, 9.17) is 10.6 Å². The Morgan fingerprint density at radius 3 is 2.52 bits per heavy atom. The van der Waals surface area contributed by atoms with Crippen LogP contribution in [0.25, 0.3) is 5.57 Å². The van der Waals surface area contributed by atoms with Crippen LogP contribution in [0.15, 0.2) is 36.9 Å². The first kappa shape index (κ1) is 24.8. The number of benzene rings is 2. The quantitative estimate of drug-likeness (QED) is 0.273. The first-order valence-corrected chi connectivity index (χ1v) is 11.8. The lowest BCUT2D eigenvalue weighted by atomic mass is 9.93. The third-order valence-corrected chi connectivity index (χ3v) is 5.90. The third kappa shape index (κ3) is 6.15. The molecular weight excluding hydrogens is 412 g/mol. The number of hydrogen-bond donors (Lipinski definition) is 3. The molecule has 6 nitrogen and oxygen atoms in total. The number of carbonyl (C=O) groups is 1. The summed E-state index contributed by atoms with van der Waals surface area (Å²) in [5, 5.41) is 3.35. The van der Waals surface area contributed by atoms with Crippen LogP contribution < -0.4 is 21.3 Å². The van der Waals surface area contributed by atoms with Crippen molar-refractivity contribution in [2.45, 2.75) is 60.2 Å². The Bertz CT molecular complexity index is 1010. The maximum atomic E-state index is 13.5. The highest BCUT2D eigenvalue weighted by Gasteiger charge is 2.26. The number of anilines is 1. The smallest absolute Gasteiger partial charge is 0.254 e. The fourth-order valence-electron chi connectivity index (χ4n) is 4.24. The number of nitrogens with two attached hydrogens (primary N) is 1. The standard InChI is InChI=1S/C27H38N4O2/c1-17(2)11-19(5)24-14-25(20(6)12-26(24)30-28)27(32)31-15-21-7-8-23(13-22(21)16-31)33-10-9-29-18(3)4/h7-8,12-14,17-18,29-30H,5,9-11,15-16,28H2,1-4,6H3. The molecule has 1 heterocycles. The molecule has 0 fully saturated rings. The van der Waals surface area contributed by atoms with Gasteiger partial charge >= 0.3 is 0 Å². The summed E-state index contributed by atoms with van der Waals surface area (Å²) in [5.74, 6) is 7.10. The Morgan fingerprint density at radius 2 is 1.85 bits per heavy atom. The van der Waals surface area contributed by atoms with Crippen LogP contribution in [0.3, 0.4) is 0 Å². The highest BCUT2D eigenvalue weighted by molar-refractivity contribution is 5.98. The number of aryl methyl sites for hydroxylation is 1. The highest BCUT2D eigenvalue weighted by Crippen LogP contribution is 2.33. The lowest BCUT2D eigenvalue weighted by Crippen LogP contribution is -2.27. The second-order valence-electron chi connectivity index (χ2n) is 9.61. The van der Waals surface area contributed by atoms with E-state index in [0.717, 1.165) is 46.7 Å². The van der Waals surface area contributed by atoms with Gasteiger partial charge in [0.15, 0.2) is 0 Å². The van der Waals surface area contributed by atoms with E-state index in [1.54, 1.807) is 0 Å². The highest BCUT2D eigenvalue weighted by atomic mass is 16.5. The minimum absolute atomic E-state index is 0.0227. The molecule has 0 aliphatic carbocycles. The summed E-state index contributed by atoms with van der Waals surface area (Å²) in [7, 11) is 0. The maximum Gasteiger partial charge on any atom is 0.254 e. The largest absolute Gasteiger partial charge is 0.492 e. The molecule has 0 spiro atoms. The normalized spacial score (nSPS) is 12.9. The summed E-state index contributed by atoms with van der Waals surface area (Å²) in [5.41, 5.74) is 9.34. The number of allylic oxidation sites excluding steroid dienone is 1. The van der Waals surface area contributed by atoms with Crippen LogP contribution in [-0.2, 0) is 13.1 Å². The van der Waals surface area contributed by atoms with Gasteiger partial charge in [-0.1, -0.05) is 40.3 Å². The maximum absolute atomic E-state index is 13.5. The molecule has 1 aliphatic heterocycles. The molecule has 1 aliphatic rings. The molecule has 33 heavy (non-hydrogen) atoms. The van der Waals surface area contributed by atoms with Crippen LogP contribution in [-0.4, -0.2) is 30.0 Å². The number of fused-ring (bicyclic) bond motifs is 1. The molecule has 0 aromatic heterocycles. The molecule has 2 aromatic carbocycles. The van der Waals surface area contributed by atoms with Gasteiger partial charge in [-0.2, -0.15) is 0 Å². The van der Waals surface area contributed by atoms with Gasteiger partial charge in [0, 0.05) is 36.8 Å². The number of ether oxygens (including phenoxy) is 1. The minimum atomic E-state index is 0.0227. The molecular formula is C27H38N4O2. The Hall–Kier alpha value is -2.83. The molecule has 0 saturated heterocycles.